The van der Waals surface area contributed by atoms with Gasteiger partial charge in [0.05, 0.1) is 18.1 Å². The predicted molar refractivity (Wildman–Crippen MR) is 88.1 cm³/mol. The summed E-state index contributed by atoms with van der Waals surface area (Å²) in [6, 6.07) is 7.77. The molecule has 0 radical (unpaired) electrons. The van der Waals surface area contributed by atoms with Gasteiger partial charge in [0.25, 0.3) is 0 Å². The highest BCUT2D eigenvalue weighted by molar-refractivity contribution is 6.31. The molecule has 0 amide bonds. The van der Waals surface area contributed by atoms with Gasteiger partial charge < -0.3 is 9.47 Å². The average Bonchev–Trinajstić information content (AvgIpc) is 2.73. The average molecular weight is 325 g/mol. The summed E-state index contributed by atoms with van der Waals surface area (Å²) in [6.45, 7) is 8.12. The molecule has 2 atom stereocenters. The number of benzene rings is 1. The number of halogens is 1. The predicted octanol–water partition coefficient (Wildman–Crippen LogP) is 4.41. The molecule has 0 spiro atoms. The fourth-order valence-electron chi connectivity index (χ4n) is 3.24. The maximum absolute atomic E-state index is 11.9. The summed E-state index contributed by atoms with van der Waals surface area (Å²) < 4.78 is 12.2. The van der Waals surface area contributed by atoms with Crippen LogP contribution in [-0.2, 0) is 20.7 Å². The molecule has 0 N–H and O–H groups in total. The number of ether oxygens (including phenoxy) is 2. The number of hydrogen-bond donors (Lipinski definition) is 0. The second-order valence-corrected chi connectivity index (χ2v) is 6.93. The van der Waals surface area contributed by atoms with Gasteiger partial charge in [-0.1, -0.05) is 36.7 Å². The Hall–Kier alpha value is -0.900. The van der Waals surface area contributed by atoms with Crippen LogP contribution < -0.4 is 0 Å². The Bertz CT molecular complexity index is 541. The minimum atomic E-state index is -0.666. The SMILES string of the molecule is CCC1(OCCc2ccccc2Cl)CC(C(C)=O)C(C)(C)O1. The molecule has 1 fully saturated rings. The molecule has 1 aliphatic heterocycles. The third-order valence-electron chi connectivity index (χ3n) is 4.53. The summed E-state index contributed by atoms with van der Waals surface area (Å²) >= 11 is 6.17. The van der Waals surface area contributed by atoms with Crippen molar-refractivity contribution in [1.29, 1.82) is 0 Å². The number of rotatable bonds is 6. The molecule has 0 bridgehead atoms. The number of hydrogen-bond acceptors (Lipinski definition) is 3. The molecule has 22 heavy (non-hydrogen) atoms. The summed E-state index contributed by atoms with van der Waals surface area (Å²) in [4.78, 5) is 11.9. The number of Topliss-reactive ketones (excluding diaryl/α,β-unsaturated/α-hetero) is 1. The number of carbonyl (C=O) groups is 1. The Morgan fingerprint density at radius 2 is 2.09 bits per heavy atom. The normalized spacial score (nSPS) is 27.0. The first-order valence-corrected chi connectivity index (χ1v) is 8.25. The van der Waals surface area contributed by atoms with Crippen molar-refractivity contribution in [2.75, 3.05) is 6.61 Å². The van der Waals surface area contributed by atoms with Crippen molar-refractivity contribution in [2.45, 2.75) is 58.3 Å². The Kier molecular flexibility index (Phi) is 5.31. The van der Waals surface area contributed by atoms with Gasteiger partial charge in [-0.05, 0) is 45.2 Å². The van der Waals surface area contributed by atoms with Crippen LogP contribution in [0.3, 0.4) is 0 Å². The van der Waals surface area contributed by atoms with E-state index in [1.165, 1.54) is 0 Å². The fraction of sp³-hybridized carbons (Fsp3) is 0.611. The lowest BCUT2D eigenvalue weighted by atomic mass is 9.86. The summed E-state index contributed by atoms with van der Waals surface area (Å²) in [5.41, 5.74) is 0.586. The lowest BCUT2D eigenvalue weighted by molar-refractivity contribution is -0.246. The zero-order valence-corrected chi connectivity index (χ0v) is 14.6. The van der Waals surface area contributed by atoms with E-state index >= 15 is 0 Å². The van der Waals surface area contributed by atoms with Gasteiger partial charge in [0, 0.05) is 11.4 Å². The first kappa shape index (κ1) is 17.5. The van der Waals surface area contributed by atoms with Crippen LogP contribution in [0.25, 0.3) is 0 Å². The molecule has 2 unspecified atom stereocenters. The minimum Gasteiger partial charge on any atom is -0.350 e. The molecule has 1 aromatic rings. The van der Waals surface area contributed by atoms with E-state index < -0.39 is 11.4 Å². The van der Waals surface area contributed by atoms with Gasteiger partial charge >= 0.3 is 0 Å². The third kappa shape index (κ3) is 3.70. The van der Waals surface area contributed by atoms with Crippen LogP contribution in [0.5, 0.6) is 0 Å². The van der Waals surface area contributed by atoms with E-state index in [9.17, 15) is 4.79 Å². The van der Waals surface area contributed by atoms with Crippen LogP contribution in [0.15, 0.2) is 24.3 Å². The Morgan fingerprint density at radius 1 is 1.41 bits per heavy atom. The minimum absolute atomic E-state index is 0.118. The zero-order chi connectivity index (χ0) is 16.4. The molecular weight excluding hydrogens is 300 g/mol. The zero-order valence-electron chi connectivity index (χ0n) is 13.8. The molecule has 0 aliphatic carbocycles. The molecule has 1 saturated heterocycles. The standard InChI is InChI=1S/C18H25ClO3/c1-5-18(12-15(13(2)20)17(3,4)22-18)21-11-10-14-8-6-7-9-16(14)19/h6-9,15H,5,10-12H2,1-4H3. The third-order valence-corrected chi connectivity index (χ3v) is 4.90. The summed E-state index contributed by atoms with van der Waals surface area (Å²) in [5.74, 6) is -0.621. The molecule has 1 aliphatic rings. The van der Waals surface area contributed by atoms with Gasteiger partial charge in [0.1, 0.15) is 5.78 Å². The summed E-state index contributed by atoms with van der Waals surface area (Å²) in [7, 11) is 0. The highest BCUT2D eigenvalue weighted by atomic mass is 35.5. The van der Waals surface area contributed by atoms with Gasteiger partial charge in [-0.25, -0.2) is 0 Å². The Balaban J connectivity index is 2.01. The molecule has 2 rings (SSSR count). The Morgan fingerprint density at radius 3 is 2.64 bits per heavy atom. The Labute approximate surface area is 137 Å². The fourth-order valence-corrected chi connectivity index (χ4v) is 3.47. The highest BCUT2D eigenvalue weighted by Crippen LogP contribution is 2.45. The van der Waals surface area contributed by atoms with Gasteiger partial charge in [0.2, 0.25) is 0 Å². The first-order chi connectivity index (χ1) is 10.3. The van der Waals surface area contributed by atoms with Crippen LogP contribution in [0.4, 0.5) is 0 Å². The van der Waals surface area contributed by atoms with Gasteiger partial charge in [-0.15, -0.1) is 0 Å². The van der Waals surface area contributed by atoms with Crippen LogP contribution in [0, 0.1) is 5.92 Å². The second-order valence-electron chi connectivity index (χ2n) is 6.53. The molecule has 3 nitrogen and oxygen atoms in total. The van der Waals surface area contributed by atoms with Gasteiger partial charge in [0.15, 0.2) is 5.79 Å². The molecule has 1 heterocycles. The number of carbonyl (C=O) groups excluding carboxylic acids is 1. The van der Waals surface area contributed by atoms with E-state index in [0.717, 1.165) is 23.4 Å². The molecule has 122 valence electrons. The van der Waals surface area contributed by atoms with Crippen LogP contribution in [0.1, 0.15) is 46.1 Å². The van der Waals surface area contributed by atoms with E-state index in [2.05, 4.69) is 0 Å². The number of ketones is 1. The van der Waals surface area contributed by atoms with Crippen molar-refractivity contribution in [3.8, 4) is 0 Å². The first-order valence-electron chi connectivity index (χ1n) is 7.87. The van der Waals surface area contributed by atoms with Crippen molar-refractivity contribution in [1.82, 2.24) is 0 Å². The molecule has 0 saturated carbocycles. The van der Waals surface area contributed by atoms with E-state index in [-0.39, 0.29) is 11.7 Å². The second kappa shape index (κ2) is 6.69. The molecular formula is C18H25ClO3. The summed E-state index contributed by atoms with van der Waals surface area (Å²) in [6.07, 6.45) is 2.08. The van der Waals surface area contributed by atoms with Crippen LogP contribution >= 0.6 is 11.6 Å². The van der Waals surface area contributed by atoms with Crippen LogP contribution in [-0.4, -0.2) is 23.8 Å². The smallest absolute Gasteiger partial charge is 0.169 e. The quantitative estimate of drug-likeness (QED) is 0.777. The van der Waals surface area contributed by atoms with E-state index in [0.29, 0.717) is 13.0 Å². The van der Waals surface area contributed by atoms with E-state index in [1.54, 1.807) is 6.92 Å². The van der Waals surface area contributed by atoms with Crippen molar-refractivity contribution < 1.29 is 14.3 Å². The van der Waals surface area contributed by atoms with E-state index in [4.69, 9.17) is 21.1 Å². The molecule has 0 aromatic heterocycles. The van der Waals surface area contributed by atoms with Crippen molar-refractivity contribution in [3.63, 3.8) is 0 Å². The molecule has 4 heteroatoms. The van der Waals surface area contributed by atoms with Crippen LogP contribution in [0.2, 0.25) is 5.02 Å². The summed E-state index contributed by atoms with van der Waals surface area (Å²) in [5, 5.41) is 0.755. The topological polar surface area (TPSA) is 35.5 Å². The van der Waals surface area contributed by atoms with Gasteiger partial charge in [-0.2, -0.15) is 0 Å². The van der Waals surface area contributed by atoms with Crippen molar-refractivity contribution in [3.05, 3.63) is 34.9 Å². The van der Waals surface area contributed by atoms with Crippen molar-refractivity contribution in [2.24, 2.45) is 5.92 Å². The van der Waals surface area contributed by atoms with Gasteiger partial charge in [-0.3, -0.25) is 4.79 Å². The maximum Gasteiger partial charge on any atom is 0.169 e. The maximum atomic E-state index is 11.9. The van der Waals surface area contributed by atoms with E-state index in [1.807, 2.05) is 45.0 Å². The lowest BCUT2D eigenvalue weighted by Crippen LogP contribution is -2.36. The molecule has 1 aromatic carbocycles. The highest BCUT2D eigenvalue weighted by Gasteiger charge is 2.52. The van der Waals surface area contributed by atoms with Crippen molar-refractivity contribution >= 4 is 17.4 Å². The monoisotopic (exact) mass is 324 g/mol. The largest absolute Gasteiger partial charge is 0.350 e. The lowest BCUT2D eigenvalue weighted by Gasteiger charge is -2.31.